The zero-order valence-corrected chi connectivity index (χ0v) is 17.5. The van der Waals surface area contributed by atoms with Crippen LogP contribution in [-0.4, -0.2) is 52.2 Å². The van der Waals surface area contributed by atoms with E-state index in [1.165, 1.54) is 16.7 Å². The third-order valence-corrected chi connectivity index (χ3v) is 5.43. The minimum atomic E-state index is -0.986. The number of para-hydroxylation sites is 1. The van der Waals surface area contributed by atoms with Gasteiger partial charge >= 0.3 is 11.9 Å². The number of rotatable bonds is 6. The molecule has 0 saturated heterocycles. The SMILES string of the molecule is CCCCN1C(=O)C2Oc3ccccc3C2=[N+](CC(=O)Nc2ccc(F)c(Cl)c2)C1=O. The number of ether oxygens (including phenoxy) is 1. The molecular formula is C22H20ClFN3O4+. The molecule has 2 heterocycles. The predicted molar refractivity (Wildman–Crippen MR) is 112 cm³/mol. The number of nitrogens with one attached hydrogen (secondary N) is 1. The highest BCUT2D eigenvalue weighted by Gasteiger charge is 2.53. The third kappa shape index (κ3) is 3.90. The van der Waals surface area contributed by atoms with Gasteiger partial charge < -0.3 is 10.1 Å². The standard InChI is InChI=1S/C22H19ClFN3O4/c1-2-3-10-26-21(29)20-19(14-6-4-5-7-17(14)31-20)27(22(26)30)12-18(28)25-13-8-9-16(24)15(23)11-13/h4-9,11,20H,2-3,10,12H2,1H3/p+1. The summed E-state index contributed by atoms with van der Waals surface area (Å²) in [4.78, 5) is 40.0. The van der Waals surface area contributed by atoms with Gasteiger partial charge in [-0.1, -0.05) is 37.1 Å². The van der Waals surface area contributed by atoms with Crippen molar-refractivity contribution in [3.63, 3.8) is 0 Å². The Morgan fingerprint density at radius 1 is 1.26 bits per heavy atom. The topological polar surface area (TPSA) is 78.7 Å². The highest BCUT2D eigenvalue weighted by Crippen LogP contribution is 2.32. The van der Waals surface area contributed by atoms with Gasteiger partial charge in [-0.15, -0.1) is 0 Å². The molecule has 0 fully saturated rings. The molecular weight excluding hydrogens is 425 g/mol. The summed E-state index contributed by atoms with van der Waals surface area (Å²) in [5.74, 6) is -1.08. The molecule has 160 valence electrons. The quantitative estimate of drug-likeness (QED) is 0.692. The lowest BCUT2D eigenvalue weighted by molar-refractivity contribution is -0.428. The normalized spacial score (nSPS) is 17.4. The smallest absolute Gasteiger partial charge is 0.469 e. The van der Waals surface area contributed by atoms with Crippen LogP contribution in [0.1, 0.15) is 25.3 Å². The van der Waals surface area contributed by atoms with E-state index in [0.717, 1.165) is 17.4 Å². The summed E-state index contributed by atoms with van der Waals surface area (Å²) in [6, 6.07) is 10.2. The Bertz CT molecular complexity index is 1120. The molecule has 4 amide bonds. The first-order valence-corrected chi connectivity index (χ1v) is 10.3. The van der Waals surface area contributed by atoms with E-state index in [0.29, 0.717) is 29.1 Å². The Morgan fingerprint density at radius 2 is 2.03 bits per heavy atom. The third-order valence-electron chi connectivity index (χ3n) is 5.14. The van der Waals surface area contributed by atoms with Crippen LogP contribution in [0.25, 0.3) is 0 Å². The molecule has 0 aliphatic carbocycles. The van der Waals surface area contributed by atoms with Crippen LogP contribution in [0.2, 0.25) is 5.02 Å². The molecule has 0 bridgehead atoms. The Hall–Kier alpha value is -3.26. The summed E-state index contributed by atoms with van der Waals surface area (Å²) in [5.41, 5.74) is 1.25. The maximum Gasteiger partial charge on any atom is 0.501 e. The van der Waals surface area contributed by atoms with E-state index in [2.05, 4.69) is 5.32 Å². The number of nitrogens with zero attached hydrogens (tertiary/aromatic N) is 2. The molecule has 31 heavy (non-hydrogen) atoms. The molecule has 0 spiro atoms. The molecule has 0 aromatic heterocycles. The van der Waals surface area contributed by atoms with Crippen molar-refractivity contribution in [3.05, 3.63) is 58.9 Å². The monoisotopic (exact) mass is 444 g/mol. The van der Waals surface area contributed by atoms with Crippen LogP contribution in [0.3, 0.4) is 0 Å². The summed E-state index contributed by atoms with van der Waals surface area (Å²) in [6.07, 6.45) is 0.450. The Balaban J connectivity index is 1.68. The van der Waals surface area contributed by atoms with Crippen LogP contribution >= 0.6 is 11.6 Å². The van der Waals surface area contributed by atoms with E-state index in [4.69, 9.17) is 16.3 Å². The number of fused-ring (bicyclic) bond motifs is 3. The molecule has 4 rings (SSSR count). The van der Waals surface area contributed by atoms with Gasteiger partial charge in [0, 0.05) is 5.69 Å². The van der Waals surface area contributed by atoms with Crippen LogP contribution in [0.4, 0.5) is 14.9 Å². The zero-order chi connectivity index (χ0) is 22.1. The molecule has 1 atom stereocenters. The molecule has 2 aromatic rings. The van der Waals surface area contributed by atoms with Crippen molar-refractivity contribution in [2.24, 2.45) is 0 Å². The van der Waals surface area contributed by atoms with Crippen LogP contribution in [0, 0.1) is 5.82 Å². The first kappa shape index (κ1) is 21.0. The fourth-order valence-electron chi connectivity index (χ4n) is 3.64. The molecule has 7 nitrogen and oxygen atoms in total. The number of hydrogen-bond acceptors (Lipinski definition) is 4. The van der Waals surface area contributed by atoms with Gasteiger partial charge in [0.05, 0.1) is 17.1 Å². The second-order valence-corrected chi connectivity index (χ2v) is 7.68. The van der Waals surface area contributed by atoms with E-state index in [9.17, 15) is 18.8 Å². The van der Waals surface area contributed by atoms with E-state index < -0.39 is 29.8 Å². The average Bonchev–Trinajstić information content (AvgIpc) is 3.14. The fraction of sp³-hybridized carbons (Fsp3) is 0.273. The summed E-state index contributed by atoms with van der Waals surface area (Å²) < 4.78 is 20.5. The van der Waals surface area contributed by atoms with Gasteiger partial charge in [0.25, 0.3) is 12.0 Å². The van der Waals surface area contributed by atoms with Crippen molar-refractivity contribution < 1.29 is 28.1 Å². The van der Waals surface area contributed by atoms with E-state index >= 15 is 0 Å². The minimum absolute atomic E-state index is 0.129. The second kappa shape index (κ2) is 8.47. The van der Waals surface area contributed by atoms with Gasteiger partial charge in [0.1, 0.15) is 11.6 Å². The zero-order valence-electron chi connectivity index (χ0n) is 16.7. The number of imide groups is 1. The molecule has 2 aliphatic rings. The largest absolute Gasteiger partial charge is 0.501 e. The van der Waals surface area contributed by atoms with Crippen molar-refractivity contribution in [3.8, 4) is 5.75 Å². The van der Waals surface area contributed by atoms with Crippen molar-refractivity contribution in [1.82, 2.24) is 4.90 Å². The van der Waals surface area contributed by atoms with Crippen molar-refractivity contribution >= 4 is 40.8 Å². The Morgan fingerprint density at radius 3 is 2.77 bits per heavy atom. The van der Waals surface area contributed by atoms with Gasteiger partial charge in [-0.3, -0.25) is 4.79 Å². The number of hydrogen-bond donors (Lipinski definition) is 1. The predicted octanol–water partition coefficient (Wildman–Crippen LogP) is 3.44. The second-order valence-electron chi connectivity index (χ2n) is 7.27. The fourth-order valence-corrected chi connectivity index (χ4v) is 3.82. The van der Waals surface area contributed by atoms with Gasteiger partial charge in [-0.25, -0.2) is 9.18 Å². The van der Waals surface area contributed by atoms with Crippen LogP contribution in [0.5, 0.6) is 5.75 Å². The highest BCUT2D eigenvalue weighted by molar-refractivity contribution is 6.31. The maximum absolute atomic E-state index is 13.4. The van der Waals surface area contributed by atoms with Gasteiger partial charge in [0.15, 0.2) is 12.3 Å². The first-order chi connectivity index (χ1) is 14.9. The summed E-state index contributed by atoms with van der Waals surface area (Å²) in [5, 5.41) is 2.48. The first-order valence-electron chi connectivity index (χ1n) is 9.91. The lowest BCUT2D eigenvalue weighted by atomic mass is 10.0. The van der Waals surface area contributed by atoms with E-state index in [1.807, 2.05) is 6.92 Å². The van der Waals surface area contributed by atoms with Crippen LogP contribution in [0.15, 0.2) is 42.5 Å². The van der Waals surface area contributed by atoms with Crippen LogP contribution in [-0.2, 0) is 9.59 Å². The maximum atomic E-state index is 13.4. The lowest BCUT2D eigenvalue weighted by Gasteiger charge is -2.24. The molecule has 0 saturated carbocycles. The van der Waals surface area contributed by atoms with Gasteiger partial charge in [-0.2, -0.15) is 14.3 Å². The molecule has 2 aromatic carbocycles. The number of carbonyl (C=O) groups excluding carboxylic acids is 3. The van der Waals surface area contributed by atoms with E-state index in [1.54, 1.807) is 24.3 Å². The number of amides is 4. The van der Waals surface area contributed by atoms with Crippen LogP contribution < -0.4 is 10.1 Å². The molecule has 2 aliphatic heterocycles. The van der Waals surface area contributed by atoms with Gasteiger partial charge in [-0.05, 0) is 36.8 Å². The van der Waals surface area contributed by atoms with Crippen molar-refractivity contribution in [1.29, 1.82) is 0 Å². The summed E-state index contributed by atoms with van der Waals surface area (Å²) in [7, 11) is 0. The number of unbranched alkanes of at least 4 members (excludes halogenated alkanes) is 1. The molecule has 0 radical (unpaired) electrons. The molecule has 9 heteroatoms. The molecule has 1 unspecified atom stereocenters. The number of benzene rings is 2. The van der Waals surface area contributed by atoms with Gasteiger partial charge in [0.2, 0.25) is 0 Å². The summed E-state index contributed by atoms with van der Waals surface area (Å²) >= 11 is 5.77. The molecule has 1 N–H and O–H groups in total. The Kier molecular flexibility index (Phi) is 5.73. The highest BCUT2D eigenvalue weighted by atomic mass is 35.5. The Labute approximate surface area is 183 Å². The van der Waals surface area contributed by atoms with E-state index in [-0.39, 0.29) is 18.1 Å². The number of halogens is 2. The number of carbonyl (C=O) groups is 3. The lowest BCUT2D eigenvalue weighted by Crippen LogP contribution is -2.58. The summed E-state index contributed by atoms with van der Waals surface area (Å²) in [6.45, 7) is 1.86. The van der Waals surface area contributed by atoms with Crippen molar-refractivity contribution in [2.45, 2.75) is 25.9 Å². The number of urea groups is 1. The minimum Gasteiger partial charge on any atom is -0.469 e. The average molecular weight is 445 g/mol. The number of anilines is 1. The van der Waals surface area contributed by atoms with Crippen molar-refractivity contribution in [2.75, 3.05) is 18.4 Å².